The predicted molar refractivity (Wildman–Crippen MR) is 133 cm³/mol. The Hall–Kier alpha value is -2.58. The van der Waals surface area contributed by atoms with Crippen molar-refractivity contribution in [3.8, 4) is 0 Å². The Morgan fingerprint density at radius 2 is 1.70 bits per heavy atom. The highest BCUT2D eigenvalue weighted by Gasteiger charge is 2.32. The number of halogens is 1. The van der Waals surface area contributed by atoms with Crippen LogP contribution in [0.3, 0.4) is 0 Å². The van der Waals surface area contributed by atoms with E-state index < -0.39 is 28.5 Å². The van der Waals surface area contributed by atoms with Gasteiger partial charge in [-0.05, 0) is 50.5 Å². The summed E-state index contributed by atoms with van der Waals surface area (Å²) in [7, 11) is -3.80. The molecule has 0 aromatic heterocycles. The lowest BCUT2D eigenvalue weighted by molar-refractivity contribution is -0.140. The maximum atomic E-state index is 13.6. The molecule has 2 amide bonds. The monoisotopic (exact) mass is 493 g/mol. The molecule has 0 bridgehead atoms. The van der Waals surface area contributed by atoms with Gasteiger partial charge in [0.05, 0.1) is 11.9 Å². The average molecular weight is 494 g/mol. The predicted octanol–water partition coefficient (Wildman–Crippen LogP) is 3.67. The highest BCUT2D eigenvalue weighted by atomic mass is 35.5. The minimum absolute atomic E-state index is 0.181. The Labute approximate surface area is 201 Å². The van der Waals surface area contributed by atoms with Gasteiger partial charge >= 0.3 is 0 Å². The molecule has 0 saturated heterocycles. The molecule has 33 heavy (non-hydrogen) atoms. The molecule has 0 heterocycles. The number of rotatable bonds is 10. The highest BCUT2D eigenvalue weighted by molar-refractivity contribution is 7.92. The quantitative estimate of drug-likeness (QED) is 0.547. The van der Waals surface area contributed by atoms with E-state index in [-0.39, 0.29) is 12.5 Å². The van der Waals surface area contributed by atoms with Gasteiger partial charge < -0.3 is 10.2 Å². The first-order chi connectivity index (χ1) is 15.5. The molecule has 1 atom stereocenters. The normalized spacial score (nSPS) is 12.2. The number of anilines is 1. The summed E-state index contributed by atoms with van der Waals surface area (Å²) in [5.74, 6) is -0.746. The van der Waals surface area contributed by atoms with Gasteiger partial charge in [0.2, 0.25) is 21.8 Å². The van der Waals surface area contributed by atoms with Crippen LogP contribution in [0.15, 0.2) is 42.5 Å². The fourth-order valence-corrected chi connectivity index (χ4v) is 4.63. The van der Waals surface area contributed by atoms with Crippen molar-refractivity contribution in [2.75, 3.05) is 23.7 Å². The molecule has 7 nitrogen and oxygen atoms in total. The van der Waals surface area contributed by atoms with Crippen molar-refractivity contribution in [3.63, 3.8) is 0 Å². The summed E-state index contributed by atoms with van der Waals surface area (Å²) in [6.45, 7) is 7.47. The molecule has 0 aliphatic carbocycles. The van der Waals surface area contributed by atoms with Crippen LogP contribution in [0, 0.1) is 13.8 Å². The zero-order valence-electron chi connectivity index (χ0n) is 19.8. The number of nitrogens with one attached hydrogen (secondary N) is 1. The smallest absolute Gasteiger partial charge is 0.244 e. The number of carbonyl (C=O) groups excluding carboxylic acids is 2. The minimum Gasteiger partial charge on any atom is -0.355 e. The highest BCUT2D eigenvalue weighted by Crippen LogP contribution is 2.28. The summed E-state index contributed by atoms with van der Waals surface area (Å²) in [5.41, 5.74) is 2.81. The van der Waals surface area contributed by atoms with E-state index in [0.717, 1.165) is 21.7 Å². The molecule has 0 saturated carbocycles. The number of likely N-dealkylation sites (N-methyl/N-ethyl adjacent to an activating group) is 1. The van der Waals surface area contributed by atoms with Gasteiger partial charge in [0.25, 0.3) is 0 Å². The molecule has 0 aliphatic heterocycles. The van der Waals surface area contributed by atoms with E-state index in [9.17, 15) is 18.0 Å². The van der Waals surface area contributed by atoms with Gasteiger partial charge in [-0.15, -0.1) is 0 Å². The lowest BCUT2D eigenvalue weighted by Gasteiger charge is -2.33. The summed E-state index contributed by atoms with van der Waals surface area (Å²) in [6.07, 6.45) is 1.44. The Morgan fingerprint density at radius 3 is 2.24 bits per heavy atom. The maximum absolute atomic E-state index is 13.6. The van der Waals surface area contributed by atoms with Crippen LogP contribution in [-0.2, 0) is 26.2 Å². The molecule has 180 valence electrons. The topological polar surface area (TPSA) is 86.8 Å². The minimum atomic E-state index is -3.80. The number of amides is 2. The number of carbonyl (C=O) groups is 2. The van der Waals surface area contributed by atoms with Crippen LogP contribution in [0.2, 0.25) is 5.02 Å². The van der Waals surface area contributed by atoms with E-state index in [4.69, 9.17) is 11.6 Å². The molecule has 2 aromatic rings. The van der Waals surface area contributed by atoms with Crippen molar-refractivity contribution in [2.45, 2.75) is 46.7 Å². The van der Waals surface area contributed by atoms with Crippen LogP contribution >= 0.6 is 11.6 Å². The molecule has 0 aliphatic rings. The SMILES string of the molecule is CCNC(=O)[C@H](CC)N(Cc1ccc(C)cc1)C(=O)CN(c1cccc(Cl)c1C)S(C)(=O)=O. The molecule has 2 rings (SSSR count). The van der Waals surface area contributed by atoms with Crippen molar-refractivity contribution in [1.82, 2.24) is 10.2 Å². The van der Waals surface area contributed by atoms with Crippen molar-refractivity contribution in [2.24, 2.45) is 0 Å². The lowest BCUT2D eigenvalue weighted by atomic mass is 10.1. The molecule has 0 fully saturated rings. The molecule has 0 radical (unpaired) electrons. The Balaban J connectivity index is 2.47. The number of aryl methyl sites for hydroxylation is 1. The third-order valence-corrected chi connectivity index (χ3v) is 6.93. The number of hydrogen-bond acceptors (Lipinski definition) is 4. The van der Waals surface area contributed by atoms with Gasteiger partial charge in [-0.2, -0.15) is 0 Å². The first-order valence-electron chi connectivity index (χ1n) is 10.8. The summed E-state index contributed by atoms with van der Waals surface area (Å²) >= 11 is 6.21. The van der Waals surface area contributed by atoms with Crippen molar-refractivity contribution in [3.05, 3.63) is 64.2 Å². The maximum Gasteiger partial charge on any atom is 0.244 e. The zero-order chi connectivity index (χ0) is 24.8. The van der Waals surface area contributed by atoms with Crippen LogP contribution in [0.5, 0.6) is 0 Å². The number of hydrogen-bond donors (Lipinski definition) is 1. The Kier molecular flexibility index (Phi) is 9.31. The van der Waals surface area contributed by atoms with E-state index in [1.807, 2.05) is 45.0 Å². The van der Waals surface area contributed by atoms with E-state index in [1.165, 1.54) is 4.90 Å². The number of benzene rings is 2. The van der Waals surface area contributed by atoms with Crippen molar-refractivity contribution >= 4 is 39.1 Å². The summed E-state index contributed by atoms with van der Waals surface area (Å²) in [6, 6.07) is 11.8. The summed E-state index contributed by atoms with van der Waals surface area (Å²) in [5, 5.41) is 3.18. The van der Waals surface area contributed by atoms with Crippen LogP contribution < -0.4 is 9.62 Å². The van der Waals surface area contributed by atoms with E-state index >= 15 is 0 Å². The molecular formula is C24H32ClN3O4S. The number of nitrogens with zero attached hydrogens (tertiary/aromatic N) is 2. The molecule has 2 aromatic carbocycles. The van der Waals surface area contributed by atoms with Gasteiger partial charge in [-0.1, -0.05) is 54.4 Å². The van der Waals surface area contributed by atoms with E-state index in [2.05, 4.69) is 5.32 Å². The second kappa shape index (κ2) is 11.5. The van der Waals surface area contributed by atoms with Crippen molar-refractivity contribution in [1.29, 1.82) is 0 Å². The molecular weight excluding hydrogens is 462 g/mol. The van der Waals surface area contributed by atoms with E-state index in [1.54, 1.807) is 25.1 Å². The first kappa shape index (κ1) is 26.7. The molecule has 0 unspecified atom stereocenters. The fraction of sp³-hybridized carbons (Fsp3) is 0.417. The van der Waals surface area contributed by atoms with Gasteiger partial charge in [-0.25, -0.2) is 8.42 Å². The Bertz CT molecular complexity index is 1090. The molecule has 0 spiro atoms. The van der Waals surface area contributed by atoms with Crippen molar-refractivity contribution < 1.29 is 18.0 Å². The van der Waals surface area contributed by atoms with E-state index in [0.29, 0.717) is 29.2 Å². The van der Waals surface area contributed by atoms with Crippen LogP contribution in [0.4, 0.5) is 5.69 Å². The van der Waals surface area contributed by atoms with Gasteiger partial charge in [-0.3, -0.25) is 13.9 Å². The van der Waals surface area contributed by atoms with Crippen LogP contribution in [0.25, 0.3) is 0 Å². The second-order valence-corrected chi connectivity index (χ2v) is 10.3. The van der Waals surface area contributed by atoms with Gasteiger partial charge in [0.15, 0.2) is 0 Å². The van der Waals surface area contributed by atoms with Gasteiger partial charge in [0.1, 0.15) is 12.6 Å². The largest absolute Gasteiger partial charge is 0.355 e. The number of sulfonamides is 1. The molecule has 9 heteroatoms. The Morgan fingerprint density at radius 1 is 1.06 bits per heavy atom. The summed E-state index contributed by atoms with van der Waals surface area (Å²) < 4.78 is 26.4. The standard InChI is InChI=1S/C24H32ClN3O4S/c1-6-21(24(30)26-7-2)27(15-19-13-11-17(3)12-14-19)23(29)16-28(33(5,31)32)22-10-8-9-20(25)18(22)4/h8-14,21H,6-7,15-16H2,1-5H3,(H,26,30)/t21-/m0/s1. The third kappa shape index (κ3) is 6.95. The second-order valence-electron chi connectivity index (χ2n) is 7.98. The summed E-state index contributed by atoms with van der Waals surface area (Å²) in [4.78, 5) is 27.8. The van der Waals surface area contributed by atoms with Gasteiger partial charge in [0, 0.05) is 18.1 Å². The average Bonchev–Trinajstić information content (AvgIpc) is 2.75. The molecule has 1 N–H and O–H groups in total. The fourth-order valence-electron chi connectivity index (χ4n) is 3.56. The first-order valence-corrected chi connectivity index (χ1v) is 13.1. The zero-order valence-corrected chi connectivity index (χ0v) is 21.3. The van der Waals surface area contributed by atoms with Crippen LogP contribution in [-0.4, -0.2) is 50.5 Å². The van der Waals surface area contributed by atoms with Crippen LogP contribution in [0.1, 0.15) is 37.0 Å². The third-order valence-electron chi connectivity index (χ3n) is 5.40. The lowest BCUT2D eigenvalue weighted by Crippen LogP contribution is -2.52.